The summed E-state index contributed by atoms with van der Waals surface area (Å²) in [6, 6.07) is 7.44. The molecule has 3 aromatic rings. The lowest BCUT2D eigenvalue weighted by molar-refractivity contribution is -0.137. The van der Waals surface area contributed by atoms with E-state index in [1.807, 2.05) is 33.7 Å². The van der Waals surface area contributed by atoms with Crippen molar-refractivity contribution in [3.63, 3.8) is 0 Å². The second-order valence-electron chi connectivity index (χ2n) is 9.14. The number of nitrogens with zero attached hydrogens (tertiary/aromatic N) is 6. The molecule has 8 nitrogen and oxygen atoms in total. The van der Waals surface area contributed by atoms with Crippen LogP contribution in [-0.2, 0) is 18.4 Å². The van der Waals surface area contributed by atoms with Crippen molar-refractivity contribution < 1.29 is 4.79 Å². The number of carbonyl (C=O) groups is 1. The maximum Gasteiger partial charge on any atom is 0.328 e. The Balaban J connectivity index is 1.18. The quantitative estimate of drug-likeness (QED) is 0.588. The number of hydrogen-bond donors (Lipinski definition) is 0. The van der Waals surface area contributed by atoms with Crippen molar-refractivity contribution in [2.45, 2.75) is 32.2 Å². The molecule has 1 aromatic carbocycles. The predicted molar refractivity (Wildman–Crippen MR) is 128 cm³/mol. The Morgan fingerprint density at radius 1 is 1.03 bits per heavy atom. The molecule has 0 atom stereocenters. The molecule has 1 amide bonds. The van der Waals surface area contributed by atoms with E-state index >= 15 is 0 Å². The Labute approximate surface area is 197 Å². The molecule has 0 bridgehead atoms. The van der Waals surface area contributed by atoms with Crippen molar-refractivity contribution in [1.29, 1.82) is 0 Å². The van der Waals surface area contributed by atoms with E-state index in [2.05, 4.69) is 14.9 Å². The van der Waals surface area contributed by atoms with E-state index in [1.165, 1.54) is 0 Å². The second kappa shape index (κ2) is 9.17. The molecule has 0 spiro atoms. The third kappa shape index (κ3) is 4.24. The molecule has 33 heavy (non-hydrogen) atoms. The molecular weight excluding hydrogens is 440 g/mol. The van der Waals surface area contributed by atoms with E-state index in [-0.39, 0.29) is 17.5 Å². The average molecular weight is 469 g/mol. The van der Waals surface area contributed by atoms with Crippen LogP contribution < -0.4 is 10.6 Å². The molecule has 2 aromatic heterocycles. The maximum absolute atomic E-state index is 13.1. The van der Waals surface area contributed by atoms with Gasteiger partial charge in [0.2, 0.25) is 11.9 Å². The van der Waals surface area contributed by atoms with Crippen LogP contribution in [0.25, 0.3) is 11.0 Å². The van der Waals surface area contributed by atoms with Gasteiger partial charge in [-0.2, -0.15) is 0 Å². The fourth-order valence-corrected chi connectivity index (χ4v) is 5.55. The Morgan fingerprint density at radius 3 is 2.42 bits per heavy atom. The SMILES string of the molecule is Cn1c(=O)n(CC2CCC(C(=O)N3CCN(c4ncccn4)CC3)CC2)c2c(Cl)cccc21. The number of benzene rings is 1. The summed E-state index contributed by atoms with van der Waals surface area (Å²) >= 11 is 6.43. The molecule has 0 unspecified atom stereocenters. The lowest BCUT2D eigenvalue weighted by Gasteiger charge is -2.37. The van der Waals surface area contributed by atoms with Gasteiger partial charge < -0.3 is 9.80 Å². The van der Waals surface area contributed by atoms with Crippen LogP contribution >= 0.6 is 11.6 Å². The lowest BCUT2D eigenvalue weighted by Crippen LogP contribution is -2.51. The molecule has 2 fully saturated rings. The van der Waals surface area contributed by atoms with E-state index < -0.39 is 0 Å². The van der Waals surface area contributed by atoms with Gasteiger partial charge in [-0.15, -0.1) is 0 Å². The number of imidazole rings is 1. The van der Waals surface area contributed by atoms with Crippen LogP contribution in [0.1, 0.15) is 25.7 Å². The fourth-order valence-electron chi connectivity index (χ4n) is 5.28. The zero-order chi connectivity index (χ0) is 22.9. The zero-order valence-electron chi connectivity index (χ0n) is 18.9. The number of hydrogen-bond acceptors (Lipinski definition) is 5. The van der Waals surface area contributed by atoms with Gasteiger partial charge in [0.05, 0.1) is 16.1 Å². The minimum absolute atomic E-state index is 0.0310. The molecule has 1 aliphatic heterocycles. The number of aromatic nitrogens is 4. The van der Waals surface area contributed by atoms with Crippen LogP contribution in [0.2, 0.25) is 5.02 Å². The highest BCUT2D eigenvalue weighted by Gasteiger charge is 2.32. The van der Waals surface area contributed by atoms with Crippen molar-refractivity contribution >= 4 is 34.5 Å². The molecule has 1 aliphatic carbocycles. The topological polar surface area (TPSA) is 76.3 Å². The van der Waals surface area contributed by atoms with Gasteiger partial charge >= 0.3 is 5.69 Å². The van der Waals surface area contributed by atoms with Gasteiger partial charge in [0.1, 0.15) is 0 Å². The van der Waals surface area contributed by atoms with E-state index in [1.54, 1.807) is 24.0 Å². The van der Waals surface area contributed by atoms with Crippen molar-refractivity contribution in [2.75, 3.05) is 31.1 Å². The highest BCUT2D eigenvalue weighted by Crippen LogP contribution is 2.32. The smallest absolute Gasteiger partial charge is 0.328 e. The Kier molecular flexibility index (Phi) is 6.10. The first-order valence-electron chi connectivity index (χ1n) is 11.7. The largest absolute Gasteiger partial charge is 0.339 e. The van der Waals surface area contributed by atoms with Gasteiger partial charge in [0, 0.05) is 58.1 Å². The Bertz CT molecular complexity index is 1190. The third-order valence-electron chi connectivity index (χ3n) is 7.18. The number of para-hydroxylation sites is 1. The number of halogens is 1. The summed E-state index contributed by atoms with van der Waals surface area (Å²) < 4.78 is 3.48. The van der Waals surface area contributed by atoms with Crippen molar-refractivity contribution in [3.05, 3.63) is 52.2 Å². The Hall–Kier alpha value is -2.87. The number of aryl methyl sites for hydroxylation is 1. The first-order chi connectivity index (χ1) is 16.0. The first kappa shape index (κ1) is 21.9. The molecule has 5 rings (SSSR count). The molecule has 9 heteroatoms. The monoisotopic (exact) mass is 468 g/mol. The number of rotatable bonds is 4. The minimum Gasteiger partial charge on any atom is -0.339 e. The predicted octanol–water partition coefficient (Wildman–Crippen LogP) is 2.94. The van der Waals surface area contributed by atoms with Crippen molar-refractivity contribution in [2.24, 2.45) is 18.9 Å². The molecule has 0 radical (unpaired) electrons. The summed E-state index contributed by atoms with van der Waals surface area (Å²) in [6.45, 7) is 3.59. The van der Waals surface area contributed by atoms with Crippen LogP contribution in [-0.4, -0.2) is 56.1 Å². The summed E-state index contributed by atoms with van der Waals surface area (Å²) in [5, 5.41) is 0.606. The summed E-state index contributed by atoms with van der Waals surface area (Å²) in [4.78, 5) is 38.7. The van der Waals surface area contributed by atoms with Crippen LogP contribution in [0.3, 0.4) is 0 Å². The average Bonchev–Trinajstić information content (AvgIpc) is 3.10. The number of carbonyl (C=O) groups excluding carboxylic acids is 1. The molecular formula is C24H29ClN6O2. The van der Waals surface area contributed by atoms with Gasteiger partial charge in [0.25, 0.3) is 0 Å². The normalized spacial score (nSPS) is 21.5. The second-order valence-corrected chi connectivity index (χ2v) is 9.55. The molecule has 2 aliphatic rings. The molecule has 0 N–H and O–H groups in total. The Morgan fingerprint density at radius 2 is 1.73 bits per heavy atom. The minimum atomic E-state index is -0.0310. The number of piperazine rings is 1. The van der Waals surface area contributed by atoms with Gasteiger partial charge in [-0.05, 0) is 49.8 Å². The van der Waals surface area contributed by atoms with Crippen LogP contribution in [0.5, 0.6) is 0 Å². The summed E-state index contributed by atoms with van der Waals surface area (Å²) in [5.41, 5.74) is 1.64. The number of fused-ring (bicyclic) bond motifs is 1. The van der Waals surface area contributed by atoms with Crippen molar-refractivity contribution in [3.8, 4) is 0 Å². The van der Waals surface area contributed by atoms with E-state index in [0.29, 0.717) is 30.6 Å². The van der Waals surface area contributed by atoms with E-state index in [0.717, 1.165) is 55.8 Å². The van der Waals surface area contributed by atoms with Crippen LogP contribution in [0, 0.1) is 11.8 Å². The fraction of sp³-hybridized carbons (Fsp3) is 0.500. The summed E-state index contributed by atoms with van der Waals surface area (Å²) in [5.74, 6) is 1.45. The summed E-state index contributed by atoms with van der Waals surface area (Å²) in [6.07, 6.45) is 7.14. The highest BCUT2D eigenvalue weighted by molar-refractivity contribution is 6.35. The highest BCUT2D eigenvalue weighted by atomic mass is 35.5. The third-order valence-corrected chi connectivity index (χ3v) is 7.48. The molecule has 1 saturated heterocycles. The van der Waals surface area contributed by atoms with E-state index in [4.69, 9.17) is 11.6 Å². The van der Waals surface area contributed by atoms with Crippen LogP contribution in [0.4, 0.5) is 5.95 Å². The molecule has 3 heterocycles. The van der Waals surface area contributed by atoms with Gasteiger partial charge in [0.15, 0.2) is 0 Å². The maximum atomic E-state index is 13.1. The van der Waals surface area contributed by atoms with Gasteiger partial charge in [-0.3, -0.25) is 13.9 Å². The summed E-state index contributed by atoms with van der Waals surface area (Å²) in [7, 11) is 1.79. The van der Waals surface area contributed by atoms with Gasteiger partial charge in [-0.1, -0.05) is 17.7 Å². The standard InChI is InChI=1S/C24H29ClN6O2/c1-28-20-5-2-4-19(25)21(20)31(24(28)33)16-17-6-8-18(9-7-17)22(32)29-12-14-30(15-13-29)23-26-10-3-11-27-23/h2-5,10-11,17-18H,6-9,12-16H2,1H3. The van der Waals surface area contributed by atoms with Crippen LogP contribution in [0.15, 0.2) is 41.5 Å². The van der Waals surface area contributed by atoms with E-state index in [9.17, 15) is 9.59 Å². The molecule has 174 valence electrons. The number of amides is 1. The first-order valence-corrected chi connectivity index (χ1v) is 12.0. The lowest BCUT2D eigenvalue weighted by atomic mass is 9.81. The molecule has 1 saturated carbocycles. The zero-order valence-corrected chi connectivity index (χ0v) is 19.6. The number of anilines is 1. The van der Waals surface area contributed by atoms with Gasteiger partial charge in [-0.25, -0.2) is 14.8 Å². The van der Waals surface area contributed by atoms with Crippen molar-refractivity contribution in [1.82, 2.24) is 24.0 Å².